The number of hydrogen-bond acceptors (Lipinski definition) is 4. The molecule has 23 heavy (non-hydrogen) atoms. The number of non-ortho nitro benzene ring substituents is 1. The summed E-state index contributed by atoms with van der Waals surface area (Å²) >= 11 is 5.87. The normalized spacial score (nSPS) is 11.8. The molecule has 0 amide bonds. The summed E-state index contributed by atoms with van der Waals surface area (Å²) in [6.45, 7) is 0. The van der Waals surface area contributed by atoms with E-state index in [4.69, 9.17) is 11.6 Å². The number of fused-ring (bicyclic) bond motifs is 1. The largest absolute Gasteiger partial charge is 0.417 e. The third kappa shape index (κ3) is 2.70. The predicted octanol–water partition coefficient (Wildman–Crippen LogP) is 4.00. The van der Waals surface area contributed by atoms with Crippen molar-refractivity contribution in [2.45, 2.75) is 6.18 Å². The Morgan fingerprint density at radius 2 is 1.96 bits per heavy atom. The average Bonchev–Trinajstić information content (AvgIpc) is 2.89. The van der Waals surface area contributed by atoms with Gasteiger partial charge in [0.25, 0.3) is 5.69 Å². The molecule has 0 bridgehead atoms. The second-order valence-electron chi connectivity index (χ2n) is 4.58. The Balaban J connectivity index is 2.17. The number of alkyl halides is 3. The van der Waals surface area contributed by atoms with Crippen LogP contribution < -0.4 is 0 Å². The molecule has 0 aliphatic heterocycles. The van der Waals surface area contributed by atoms with Gasteiger partial charge in [0.2, 0.25) is 0 Å². The van der Waals surface area contributed by atoms with Crippen LogP contribution in [-0.2, 0) is 6.18 Å². The lowest BCUT2D eigenvalue weighted by molar-refractivity contribution is -0.384. The maximum Gasteiger partial charge on any atom is 0.417 e. The maximum atomic E-state index is 12.6. The molecule has 0 unspecified atom stereocenters. The fourth-order valence-corrected chi connectivity index (χ4v) is 2.28. The van der Waals surface area contributed by atoms with E-state index in [-0.39, 0.29) is 16.5 Å². The van der Waals surface area contributed by atoms with Crippen LogP contribution in [0.5, 0.6) is 0 Å². The molecule has 0 aliphatic rings. The lowest BCUT2D eigenvalue weighted by Crippen LogP contribution is -2.08. The van der Waals surface area contributed by atoms with Gasteiger partial charge in [0.1, 0.15) is 0 Å². The van der Waals surface area contributed by atoms with Crippen molar-refractivity contribution in [3.63, 3.8) is 0 Å². The van der Waals surface area contributed by atoms with Gasteiger partial charge in [-0.3, -0.25) is 10.1 Å². The standard InChI is InChI=1S/C13H6ClF3N4O2/c14-10-3-8(13(15,16)17)6-18-12(10)20-11-4-9(21(22)23)2-1-7(11)5-19-20/h1-6H. The molecule has 0 saturated heterocycles. The van der Waals surface area contributed by atoms with Crippen molar-refractivity contribution in [1.29, 1.82) is 0 Å². The van der Waals surface area contributed by atoms with E-state index in [1.807, 2.05) is 0 Å². The Morgan fingerprint density at radius 1 is 1.22 bits per heavy atom. The minimum Gasteiger partial charge on any atom is -0.258 e. The van der Waals surface area contributed by atoms with Gasteiger partial charge in [-0.05, 0) is 12.1 Å². The first-order valence-electron chi connectivity index (χ1n) is 6.12. The zero-order valence-electron chi connectivity index (χ0n) is 11.1. The molecule has 1 aromatic carbocycles. The van der Waals surface area contributed by atoms with Crippen LogP contribution in [-0.4, -0.2) is 19.7 Å². The maximum absolute atomic E-state index is 12.6. The fourth-order valence-electron chi connectivity index (χ4n) is 2.03. The predicted molar refractivity (Wildman–Crippen MR) is 75.5 cm³/mol. The SMILES string of the molecule is O=[N+]([O-])c1ccc2cnn(-c3ncc(C(F)(F)F)cc3Cl)c2c1. The second-order valence-corrected chi connectivity index (χ2v) is 4.99. The van der Waals surface area contributed by atoms with E-state index >= 15 is 0 Å². The van der Waals surface area contributed by atoms with Gasteiger partial charge in [0.05, 0.1) is 27.2 Å². The summed E-state index contributed by atoms with van der Waals surface area (Å²) in [5.74, 6) is -0.0461. The van der Waals surface area contributed by atoms with E-state index in [2.05, 4.69) is 10.1 Å². The number of hydrogen-bond donors (Lipinski definition) is 0. The Hall–Kier alpha value is -2.68. The summed E-state index contributed by atoms with van der Waals surface area (Å²) in [5, 5.41) is 15.1. The molecule has 6 nitrogen and oxygen atoms in total. The smallest absolute Gasteiger partial charge is 0.258 e. The molecule has 3 rings (SSSR count). The summed E-state index contributed by atoms with van der Waals surface area (Å²) < 4.78 is 39.1. The third-order valence-corrected chi connectivity index (χ3v) is 3.39. The fraction of sp³-hybridized carbons (Fsp3) is 0.0769. The van der Waals surface area contributed by atoms with Crippen LogP contribution in [0.2, 0.25) is 5.02 Å². The third-order valence-electron chi connectivity index (χ3n) is 3.12. The van der Waals surface area contributed by atoms with Gasteiger partial charge >= 0.3 is 6.18 Å². The molecule has 0 atom stereocenters. The van der Waals surface area contributed by atoms with Gasteiger partial charge in [0, 0.05) is 23.7 Å². The van der Waals surface area contributed by atoms with Gasteiger partial charge < -0.3 is 0 Å². The first kappa shape index (κ1) is 15.2. The van der Waals surface area contributed by atoms with E-state index in [9.17, 15) is 23.3 Å². The van der Waals surface area contributed by atoms with Crippen LogP contribution in [0.1, 0.15) is 5.56 Å². The highest BCUT2D eigenvalue weighted by molar-refractivity contribution is 6.32. The summed E-state index contributed by atoms with van der Waals surface area (Å²) in [6, 6.07) is 4.76. The second kappa shape index (κ2) is 5.20. The molecule has 2 heterocycles. The van der Waals surface area contributed by atoms with Crippen LogP contribution in [0, 0.1) is 10.1 Å². The van der Waals surface area contributed by atoms with Crippen molar-refractivity contribution in [3.05, 3.63) is 57.4 Å². The Bertz CT molecular complexity index is 923. The van der Waals surface area contributed by atoms with Gasteiger partial charge in [-0.2, -0.15) is 18.3 Å². The van der Waals surface area contributed by atoms with E-state index in [1.165, 1.54) is 24.4 Å². The summed E-state index contributed by atoms with van der Waals surface area (Å²) in [7, 11) is 0. The molecule has 3 aromatic rings. The number of aromatic nitrogens is 3. The van der Waals surface area contributed by atoms with E-state index in [0.29, 0.717) is 17.1 Å². The molecule has 0 N–H and O–H groups in total. The minimum atomic E-state index is -4.57. The van der Waals surface area contributed by atoms with Crippen molar-refractivity contribution >= 4 is 28.2 Å². The number of rotatable bonds is 2. The lowest BCUT2D eigenvalue weighted by Gasteiger charge is -2.09. The Labute approximate surface area is 131 Å². The van der Waals surface area contributed by atoms with Crippen LogP contribution in [0.25, 0.3) is 16.7 Å². The number of pyridine rings is 1. The van der Waals surface area contributed by atoms with Gasteiger partial charge in [0.15, 0.2) is 5.82 Å². The van der Waals surface area contributed by atoms with Crippen LogP contribution in [0.3, 0.4) is 0 Å². The molecule has 0 spiro atoms. The molecule has 118 valence electrons. The average molecular weight is 343 g/mol. The van der Waals surface area contributed by atoms with E-state index in [0.717, 1.165) is 10.7 Å². The number of halogens is 4. The monoisotopic (exact) mass is 342 g/mol. The first-order chi connectivity index (χ1) is 10.8. The molecule has 0 saturated carbocycles. The highest BCUT2D eigenvalue weighted by atomic mass is 35.5. The number of nitro benzene ring substituents is 1. The van der Waals surface area contributed by atoms with E-state index in [1.54, 1.807) is 0 Å². The zero-order chi connectivity index (χ0) is 16.8. The molecule has 0 fully saturated rings. The first-order valence-corrected chi connectivity index (χ1v) is 6.50. The Kier molecular flexibility index (Phi) is 3.44. The summed E-state index contributed by atoms with van der Waals surface area (Å²) in [5.41, 5.74) is -0.857. The lowest BCUT2D eigenvalue weighted by atomic mass is 10.2. The van der Waals surface area contributed by atoms with Crippen LogP contribution in [0.15, 0.2) is 36.7 Å². The van der Waals surface area contributed by atoms with Gasteiger partial charge in [-0.1, -0.05) is 11.6 Å². The molecular weight excluding hydrogens is 337 g/mol. The minimum absolute atomic E-state index is 0.0461. The number of nitrogens with zero attached hydrogens (tertiary/aromatic N) is 4. The zero-order valence-corrected chi connectivity index (χ0v) is 11.8. The van der Waals surface area contributed by atoms with Gasteiger partial charge in [-0.25, -0.2) is 9.67 Å². The molecule has 10 heteroatoms. The van der Waals surface area contributed by atoms with Gasteiger partial charge in [-0.15, -0.1) is 0 Å². The van der Waals surface area contributed by atoms with Crippen molar-refractivity contribution in [3.8, 4) is 5.82 Å². The van der Waals surface area contributed by atoms with Crippen molar-refractivity contribution in [2.24, 2.45) is 0 Å². The Morgan fingerprint density at radius 3 is 2.57 bits per heavy atom. The summed E-state index contributed by atoms with van der Waals surface area (Å²) in [6.07, 6.45) is -2.53. The van der Waals surface area contributed by atoms with Crippen molar-refractivity contribution in [1.82, 2.24) is 14.8 Å². The van der Waals surface area contributed by atoms with Crippen molar-refractivity contribution < 1.29 is 18.1 Å². The highest BCUT2D eigenvalue weighted by Gasteiger charge is 2.32. The molecule has 0 aliphatic carbocycles. The van der Waals surface area contributed by atoms with Crippen LogP contribution in [0.4, 0.5) is 18.9 Å². The number of benzene rings is 1. The number of nitro groups is 1. The molecule has 0 radical (unpaired) electrons. The molecular formula is C13H6ClF3N4O2. The molecule has 2 aromatic heterocycles. The quantitative estimate of drug-likeness (QED) is 0.521. The summed E-state index contributed by atoms with van der Waals surface area (Å²) in [4.78, 5) is 14.0. The van der Waals surface area contributed by atoms with Crippen LogP contribution >= 0.6 is 11.6 Å². The highest BCUT2D eigenvalue weighted by Crippen LogP contribution is 2.32. The van der Waals surface area contributed by atoms with E-state index < -0.39 is 16.7 Å². The topological polar surface area (TPSA) is 73.8 Å². The van der Waals surface area contributed by atoms with Crippen molar-refractivity contribution in [2.75, 3.05) is 0 Å².